The highest BCUT2D eigenvalue weighted by molar-refractivity contribution is 7.90. The first kappa shape index (κ1) is 17.3. The zero-order chi connectivity index (χ0) is 16.1. The number of hydrogen-bond donors (Lipinski definition) is 2. The molecule has 0 saturated heterocycles. The van der Waals surface area contributed by atoms with Crippen molar-refractivity contribution in [3.05, 3.63) is 24.3 Å². The average molecular weight is 314 g/mol. The normalized spacial score (nSPS) is 13.2. The van der Waals surface area contributed by atoms with E-state index in [1.165, 1.54) is 12.1 Å². The maximum absolute atomic E-state index is 11.4. The first-order chi connectivity index (χ1) is 9.66. The number of hydrogen-bond acceptors (Lipinski definition) is 5. The lowest BCUT2D eigenvalue weighted by molar-refractivity contribution is 0.277. The molecule has 0 aliphatic carbocycles. The molecule has 118 valence electrons. The van der Waals surface area contributed by atoms with Gasteiger partial charge >= 0.3 is 0 Å². The summed E-state index contributed by atoms with van der Waals surface area (Å²) in [5.41, 5.74) is 5.19. The van der Waals surface area contributed by atoms with Crippen molar-refractivity contribution in [1.29, 1.82) is 0 Å². The van der Waals surface area contributed by atoms with Crippen molar-refractivity contribution in [3.8, 4) is 5.75 Å². The number of nitrogens with two attached hydrogens (primary N) is 1. The Morgan fingerprint density at radius 2 is 2.10 bits per heavy atom. The van der Waals surface area contributed by atoms with Gasteiger partial charge in [0, 0.05) is 11.7 Å². The summed E-state index contributed by atoms with van der Waals surface area (Å²) in [6.07, 6.45) is 2.55. The second kappa shape index (κ2) is 6.80. The minimum absolute atomic E-state index is 0.182. The van der Waals surface area contributed by atoms with Gasteiger partial charge in [-0.1, -0.05) is 25.1 Å². The van der Waals surface area contributed by atoms with Crippen LogP contribution in [-0.2, 0) is 9.84 Å². The summed E-state index contributed by atoms with van der Waals surface area (Å²) in [6.45, 7) is 4.19. The molecule has 1 aromatic carbocycles. The maximum Gasteiger partial charge on any atom is 0.175 e. The van der Waals surface area contributed by atoms with Crippen LogP contribution in [0.3, 0.4) is 0 Å². The molecule has 0 unspecified atom stereocenters. The van der Waals surface area contributed by atoms with E-state index in [9.17, 15) is 8.42 Å². The van der Waals surface area contributed by atoms with Crippen LogP contribution in [0.15, 0.2) is 34.3 Å². The lowest BCUT2D eigenvalue weighted by atomic mass is 9.87. The predicted molar refractivity (Wildman–Crippen MR) is 81.5 cm³/mol. The lowest BCUT2D eigenvalue weighted by Gasteiger charge is -2.22. The first-order valence-corrected chi connectivity index (χ1v) is 8.47. The Balaban J connectivity index is 2.54. The molecule has 0 atom stereocenters. The molecule has 3 N–H and O–H groups in total. The van der Waals surface area contributed by atoms with E-state index < -0.39 is 15.3 Å². The standard InChI is InChI=1S/C14H22N2O4S/c1-14(2,13(15)16-17)8-5-9-20-11-6-4-7-12(10-11)21(3,18)19/h4,6-7,10,17H,5,8-9H2,1-3H3,(H2,15,16). The summed E-state index contributed by atoms with van der Waals surface area (Å²) in [5.74, 6) is 0.695. The van der Waals surface area contributed by atoms with E-state index in [0.29, 0.717) is 25.2 Å². The van der Waals surface area contributed by atoms with E-state index in [1.807, 2.05) is 13.8 Å². The average Bonchev–Trinajstić information content (AvgIpc) is 2.42. The Hall–Kier alpha value is -1.76. The van der Waals surface area contributed by atoms with Crippen LogP contribution in [0, 0.1) is 5.41 Å². The van der Waals surface area contributed by atoms with Crippen LogP contribution >= 0.6 is 0 Å². The summed E-state index contributed by atoms with van der Waals surface area (Å²) in [4.78, 5) is 0.233. The van der Waals surface area contributed by atoms with Crippen molar-refractivity contribution < 1.29 is 18.4 Å². The quantitative estimate of drug-likeness (QED) is 0.263. The largest absolute Gasteiger partial charge is 0.494 e. The Morgan fingerprint density at radius 1 is 1.43 bits per heavy atom. The molecule has 0 fully saturated rings. The molecule has 0 heterocycles. The molecule has 7 heteroatoms. The van der Waals surface area contributed by atoms with Gasteiger partial charge in [-0.25, -0.2) is 8.42 Å². The van der Waals surface area contributed by atoms with Gasteiger partial charge in [-0.2, -0.15) is 0 Å². The van der Waals surface area contributed by atoms with Crippen molar-refractivity contribution in [3.63, 3.8) is 0 Å². The number of amidine groups is 1. The van der Waals surface area contributed by atoms with E-state index in [1.54, 1.807) is 12.1 Å². The molecular formula is C14H22N2O4S. The number of nitrogens with zero attached hydrogens (tertiary/aromatic N) is 1. The van der Waals surface area contributed by atoms with Crippen molar-refractivity contribution in [1.82, 2.24) is 0 Å². The summed E-state index contributed by atoms with van der Waals surface area (Å²) in [5, 5.41) is 11.7. The van der Waals surface area contributed by atoms with Gasteiger partial charge in [0.1, 0.15) is 11.6 Å². The van der Waals surface area contributed by atoms with Crippen LogP contribution in [0.25, 0.3) is 0 Å². The molecule has 6 nitrogen and oxygen atoms in total. The number of oxime groups is 1. The predicted octanol–water partition coefficient (Wildman–Crippen LogP) is 2.02. The van der Waals surface area contributed by atoms with Crippen molar-refractivity contribution >= 4 is 15.7 Å². The molecule has 0 spiro atoms. The summed E-state index contributed by atoms with van der Waals surface area (Å²) in [6, 6.07) is 6.39. The maximum atomic E-state index is 11.4. The fraction of sp³-hybridized carbons (Fsp3) is 0.500. The van der Waals surface area contributed by atoms with Gasteiger partial charge in [-0.3, -0.25) is 0 Å². The SMILES string of the molecule is CC(C)(CCCOc1cccc(S(C)(=O)=O)c1)C(N)=NO. The van der Waals surface area contributed by atoms with Crippen molar-refractivity contribution in [2.75, 3.05) is 12.9 Å². The molecule has 0 bridgehead atoms. The number of sulfone groups is 1. The molecule has 21 heavy (non-hydrogen) atoms. The van der Waals surface area contributed by atoms with Gasteiger partial charge in [0.15, 0.2) is 9.84 Å². The van der Waals surface area contributed by atoms with Crippen LogP contribution < -0.4 is 10.5 Å². The third kappa shape index (κ3) is 5.26. The van der Waals surface area contributed by atoms with Crippen LogP contribution in [-0.4, -0.2) is 32.3 Å². The van der Waals surface area contributed by atoms with Gasteiger partial charge < -0.3 is 15.7 Å². The molecule has 1 rings (SSSR count). The highest BCUT2D eigenvalue weighted by Crippen LogP contribution is 2.23. The third-order valence-electron chi connectivity index (χ3n) is 3.25. The molecular weight excluding hydrogens is 292 g/mol. The van der Waals surface area contributed by atoms with E-state index in [2.05, 4.69) is 5.16 Å². The van der Waals surface area contributed by atoms with Crippen molar-refractivity contribution in [2.24, 2.45) is 16.3 Å². The van der Waals surface area contributed by atoms with Gasteiger partial charge in [0.2, 0.25) is 0 Å². The second-order valence-electron chi connectivity index (χ2n) is 5.57. The van der Waals surface area contributed by atoms with Gasteiger partial charge in [-0.15, -0.1) is 0 Å². The first-order valence-electron chi connectivity index (χ1n) is 6.58. The Morgan fingerprint density at radius 3 is 2.67 bits per heavy atom. The smallest absolute Gasteiger partial charge is 0.175 e. The molecule has 1 aromatic rings. The fourth-order valence-corrected chi connectivity index (χ4v) is 2.42. The van der Waals surface area contributed by atoms with Gasteiger partial charge in [-0.05, 0) is 31.0 Å². The van der Waals surface area contributed by atoms with Gasteiger partial charge in [0.05, 0.1) is 11.5 Å². The molecule has 0 amide bonds. The van der Waals surface area contributed by atoms with E-state index in [-0.39, 0.29) is 10.7 Å². The molecule has 0 aliphatic heterocycles. The molecule has 0 aromatic heterocycles. The summed E-state index contributed by atoms with van der Waals surface area (Å²) < 4.78 is 28.4. The van der Waals surface area contributed by atoms with E-state index in [0.717, 1.165) is 6.26 Å². The zero-order valence-electron chi connectivity index (χ0n) is 12.5. The number of benzene rings is 1. The minimum atomic E-state index is -3.23. The van der Waals surface area contributed by atoms with E-state index in [4.69, 9.17) is 15.7 Å². The minimum Gasteiger partial charge on any atom is -0.494 e. The highest BCUT2D eigenvalue weighted by Gasteiger charge is 2.22. The zero-order valence-corrected chi connectivity index (χ0v) is 13.4. The third-order valence-corrected chi connectivity index (χ3v) is 4.36. The monoisotopic (exact) mass is 314 g/mol. The van der Waals surface area contributed by atoms with E-state index >= 15 is 0 Å². The summed E-state index contributed by atoms with van der Waals surface area (Å²) >= 11 is 0. The summed E-state index contributed by atoms with van der Waals surface area (Å²) in [7, 11) is -3.23. The Labute approximate surface area is 125 Å². The van der Waals surface area contributed by atoms with Crippen LogP contribution in [0.5, 0.6) is 5.75 Å². The molecule has 0 aliphatic rings. The number of rotatable bonds is 7. The van der Waals surface area contributed by atoms with Crippen LogP contribution in [0.1, 0.15) is 26.7 Å². The lowest BCUT2D eigenvalue weighted by Crippen LogP contribution is -2.32. The van der Waals surface area contributed by atoms with Gasteiger partial charge in [0.25, 0.3) is 0 Å². The molecule has 0 saturated carbocycles. The Kier molecular flexibility index (Phi) is 5.60. The van der Waals surface area contributed by atoms with Crippen molar-refractivity contribution in [2.45, 2.75) is 31.6 Å². The van der Waals surface area contributed by atoms with Crippen LogP contribution in [0.2, 0.25) is 0 Å². The second-order valence-corrected chi connectivity index (χ2v) is 7.58. The highest BCUT2D eigenvalue weighted by atomic mass is 32.2. The number of ether oxygens (including phenoxy) is 1. The van der Waals surface area contributed by atoms with Crippen LogP contribution in [0.4, 0.5) is 0 Å². The fourth-order valence-electron chi connectivity index (χ4n) is 1.76. The Bertz CT molecular complexity index is 609. The molecule has 0 radical (unpaired) electrons. The topological polar surface area (TPSA) is 102 Å².